The number of rotatable bonds is 10. The summed E-state index contributed by atoms with van der Waals surface area (Å²) < 4.78 is 6.00. The molecule has 1 heterocycles. The Morgan fingerprint density at radius 3 is 2.65 bits per heavy atom. The number of phenolic OH excluding ortho intramolecular Hbond substituents is 1. The lowest BCUT2D eigenvalue weighted by molar-refractivity contribution is 0.225. The maximum Gasteiger partial charge on any atom is 0.372 e. The molecule has 3 rings (SSSR count). The third-order valence-corrected chi connectivity index (χ3v) is 8.69. The van der Waals surface area contributed by atoms with Gasteiger partial charge in [0.05, 0.1) is 0 Å². The normalized spacial score (nSPS) is 24.5. The van der Waals surface area contributed by atoms with E-state index in [1.165, 1.54) is 17.3 Å². The molecule has 1 aromatic carbocycles. The predicted molar refractivity (Wildman–Crippen MR) is 144 cm³/mol. The van der Waals surface area contributed by atoms with Crippen molar-refractivity contribution in [1.29, 1.82) is 0 Å². The number of ether oxygens (including phenoxy) is 1. The molecule has 5 heteroatoms. The van der Waals surface area contributed by atoms with Crippen LogP contribution in [0, 0.1) is 11.3 Å². The molecule has 0 aromatic heterocycles. The highest BCUT2D eigenvalue weighted by atomic mass is 32.2. The molecule has 1 fully saturated rings. The molecule has 4 atom stereocenters. The lowest BCUT2D eigenvalue weighted by Gasteiger charge is -2.32. The van der Waals surface area contributed by atoms with E-state index >= 15 is 0 Å². The summed E-state index contributed by atoms with van der Waals surface area (Å²) in [6, 6.07) is 4.37. The van der Waals surface area contributed by atoms with Crippen molar-refractivity contribution in [2.24, 2.45) is 11.3 Å². The smallest absolute Gasteiger partial charge is 0.372 e. The molecule has 1 aliphatic carbocycles. The van der Waals surface area contributed by atoms with Gasteiger partial charge in [0.1, 0.15) is 11.5 Å². The summed E-state index contributed by atoms with van der Waals surface area (Å²) in [5.74, 6) is 1.61. The molecule has 2 aliphatic rings. The van der Waals surface area contributed by atoms with Crippen LogP contribution in [-0.2, 0) is 6.42 Å². The van der Waals surface area contributed by atoms with Gasteiger partial charge in [0.15, 0.2) is 0 Å². The van der Waals surface area contributed by atoms with E-state index < -0.39 is 0 Å². The molecule has 188 valence electrons. The van der Waals surface area contributed by atoms with E-state index in [2.05, 4.69) is 59.2 Å². The minimum atomic E-state index is -0.300. The summed E-state index contributed by atoms with van der Waals surface area (Å²) >= 11 is 1.24. The van der Waals surface area contributed by atoms with Gasteiger partial charge in [-0.25, -0.2) is 4.79 Å². The molecular formula is C29H43NO3S. The van der Waals surface area contributed by atoms with Crippen molar-refractivity contribution in [2.75, 3.05) is 19.3 Å². The van der Waals surface area contributed by atoms with Gasteiger partial charge in [0.25, 0.3) is 0 Å². The Kier molecular flexibility index (Phi) is 8.97. The molecule has 1 aliphatic heterocycles. The first-order valence-corrected chi connectivity index (χ1v) is 13.7. The zero-order chi connectivity index (χ0) is 25.0. The quantitative estimate of drug-likeness (QED) is 0.159. The Hall–Kier alpha value is -1.72. The number of thioether (sulfide) groups is 1. The first kappa shape index (κ1) is 26.9. The highest BCUT2D eigenvalue weighted by Crippen LogP contribution is 2.47. The van der Waals surface area contributed by atoms with E-state index in [9.17, 15) is 9.90 Å². The van der Waals surface area contributed by atoms with Gasteiger partial charge in [-0.15, -0.1) is 0 Å². The molecule has 0 amide bonds. The van der Waals surface area contributed by atoms with Crippen LogP contribution in [0.15, 0.2) is 35.9 Å². The zero-order valence-electron chi connectivity index (χ0n) is 21.9. The predicted octanol–water partition coefficient (Wildman–Crippen LogP) is 7.71. The Balaban J connectivity index is 1.88. The monoisotopic (exact) mass is 485 g/mol. The Labute approximate surface area is 210 Å². The van der Waals surface area contributed by atoms with Crippen molar-refractivity contribution >= 4 is 17.1 Å². The number of hydrogen-bond acceptors (Lipinski definition) is 5. The number of phenols is 1. The van der Waals surface area contributed by atoms with E-state index in [4.69, 9.17) is 4.74 Å². The number of likely N-dealkylation sites (N-methyl/N-ethyl adjacent to an activating group) is 1. The number of unbranched alkanes of at least 4 members (excludes halogenated alkanes) is 2. The molecule has 0 radical (unpaired) electrons. The summed E-state index contributed by atoms with van der Waals surface area (Å²) in [6.07, 6.45) is 8.44. The summed E-state index contributed by atoms with van der Waals surface area (Å²) in [5, 5.41) is 10.9. The molecule has 0 spiro atoms. The Morgan fingerprint density at radius 1 is 1.32 bits per heavy atom. The fourth-order valence-corrected chi connectivity index (χ4v) is 6.08. The fourth-order valence-electron chi connectivity index (χ4n) is 5.25. The highest BCUT2D eigenvalue weighted by Gasteiger charge is 2.43. The van der Waals surface area contributed by atoms with Crippen LogP contribution in [-0.4, -0.2) is 40.7 Å². The largest absolute Gasteiger partial charge is 0.507 e. The van der Waals surface area contributed by atoms with Crippen LogP contribution in [0.2, 0.25) is 0 Å². The lowest BCUT2D eigenvalue weighted by Crippen LogP contribution is -2.26. The second-order valence-corrected chi connectivity index (χ2v) is 12.0. The second kappa shape index (κ2) is 11.3. The van der Waals surface area contributed by atoms with Crippen molar-refractivity contribution in [1.82, 2.24) is 4.90 Å². The highest BCUT2D eigenvalue weighted by molar-refractivity contribution is 8.13. The topological polar surface area (TPSA) is 49.5 Å². The third kappa shape index (κ3) is 6.69. The average Bonchev–Trinajstić information content (AvgIpc) is 3.50. The minimum Gasteiger partial charge on any atom is -0.507 e. The van der Waals surface area contributed by atoms with Crippen LogP contribution in [0.1, 0.15) is 83.8 Å². The number of carbonyl (C=O) groups is 1. The van der Waals surface area contributed by atoms with E-state index in [0.717, 1.165) is 61.8 Å². The van der Waals surface area contributed by atoms with Crippen LogP contribution >= 0.6 is 11.8 Å². The maximum atomic E-state index is 13.0. The van der Waals surface area contributed by atoms with Crippen molar-refractivity contribution in [3.05, 3.63) is 47.1 Å². The average molecular weight is 486 g/mol. The van der Waals surface area contributed by atoms with Gasteiger partial charge in [-0.1, -0.05) is 57.4 Å². The van der Waals surface area contributed by atoms with E-state index in [1.807, 2.05) is 12.1 Å². The van der Waals surface area contributed by atoms with E-state index in [-0.39, 0.29) is 28.3 Å². The molecule has 1 N–H and O–H groups in total. The van der Waals surface area contributed by atoms with Crippen molar-refractivity contribution in [2.45, 2.75) is 85.1 Å². The van der Waals surface area contributed by atoms with Gasteiger partial charge in [-0.3, -0.25) is 0 Å². The number of hydrogen-bond donors (Lipinski definition) is 1. The van der Waals surface area contributed by atoms with E-state index in [0.29, 0.717) is 17.5 Å². The van der Waals surface area contributed by atoms with Gasteiger partial charge in [0, 0.05) is 29.8 Å². The third-order valence-electron chi connectivity index (χ3n) is 7.48. The Morgan fingerprint density at radius 2 is 2.03 bits per heavy atom. The summed E-state index contributed by atoms with van der Waals surface area (Å²) in [5.41, 5.74) is 4.19. The van der Waals surface area contributed by atoms with Crippen molar-refractivity contribution < 1.29 is 14.6 Å². The molecule has 0 bridgehead atoms. The van der Waals surface area contributed by atoms with Crippen LogP contribution in [0.4, 0.5) is 4.79 Å². The molecule has 1 saturated heterocycles. The number of nitrogens with zero attached hydrogens (tertiary/aromatic N) is 1. The SMILES string of the molecule is C=C(C)[C@@H]1CCC(C)=C[C@H]1c1c(O)cc(CCCCC)cc1OC(=O)SCC(C)(C)C1CN1C. The number of aromatic hydroxyl groups is 1. The summed E-state index contributed by atoms with van der Waals surface area (Å²) in [4.78, 5) is 15.3. The minimum absolute atomic E-state index is 0.0413. The summed E-state index contributed by atoms with van der Waals surface area (Å²) in [7, 11) is 2.12. The maximum absolute atomic E-state index is 13.0. The van der Waals surface area contributed by atoms with Gasteiger partial charge >= 0.3 is 5.30 Å². The Bertz CT molecular complexity index is 936. The van der Waals surface area contributed by atoms with Crippen LogP contribution in [0.3, 0.4) is 0 Å². The number of benzene rings is 1. The standard InChI is InChI=1S/C29H43NO3S/c1-8-9-10-11-21-15-24(31)27(23-14-20(4)12-13-22(23)19(2)3)25(16-21)33-28(32)34-18-29(5,6)26-17-30(26)7/h14-16,22-23,26,31H,2,8-13,17-18H2,1,3-7H3/t22-,23+,26?,30?/m0/s1. The fraction of sp³-hybridized carbons (Fsp3) is 0.621. The van der Waals surface area contributed by atoms with Gasteiger partial charge < -0.3 is 14.7 Å². The first-order valence-electron chi connectivity index (χ1n) is 12.8. The molecule has 2 unspecified atom stereocenters. The van der Waals surface area contributed by atoms with Crippen LogP contribution < -0.4 is 4.74 Å². The van der Waals surface area contributed by atoms with Crippen LogP contribution in [0.25, 0.3) is 0 Å². The molecule has 4 nitrogen and oxygen atoms in total. The molecular weight excluding hydrogens is 442 g/mol. The molecule has 34 heavy (non-hydrogen) atoms. The number of allylic oxidation sites excluding steroid dienone is 3. The van der Waals surface area contributed by atoms with E-state index in [1.54, 1.807) is 0 Å². The van der Waals surface area contributed by atoms with Crippen molar-refractivity contribution in [3.8, 4) is 11.5 Å². The van der Waals surface area contributed by atoms with Gasteiger partial charge in [-0.2, -0.15) is 0 Å². The zero-order valence-corrected chi connectivity index (χ0v) is 22.8. The van der Waals surface area contributed by atoms with Gasteiger partial charge in [0.2, 0.25) is 0 Å². The first-order chi connectivity index (χ1) is 16.0. The second-order valence-electron chi connectivity index (χ2n) is 11.1. The summed E-state index contributed by atoms with van der Waals surface area (Å²) in [6.45, 7) is 16.1. The van der Waals surface area contributed by atoms with Gasteiger partial charge in [-0.05, 0) is 87.4 Å². The van der Waals surface area contributed by atoms with Crippen LogP contribution in [0.5, 0.6) is 11.5 Å². The van der Waals surface area contributed by atoms with Crippen molar-refractivity contribution in [3.63, 3.8) is 0 Å². The molecule has 1 aromatic rings. The molecule has 0 saturated carbocycles. The number of carbonyl (C=O) groups excluding carboxylic acids is 1. The number of aryl methyl sites for hydroxylation is 1. The lowest BCUT2D eigenvalue weighted by atomic mass is 9.73.